The zero-order chi connectivity index (χ0) is 17.9. The molecule has 142 valence electrons. The molecule has 1 aromatic carbocycles. The van der Waals surface area contributed by atoms with Gasteiger partial charge in [-0.25, -0.2) is 4.98 Å². The van der Waals surface area contributed by atoms with Gasteiger partial charge >= 0.3 is 0 Å². The van der Waals surface area contributed by atoms with Crippen molar-refractivity contribution < 1.29 is 0 Å². The number of guanidine groups is 1. The molecule has 1 heterocycles. The van der Waals surface area contributed by atoms with Gasteiger partial charge < -0.3 is 10.2 Å². The average Bonchev–Trinajstić information content (AvgIpc) is 3.17. The number of nitrogens with zero attached hydrogens (tertiary/aromatic N) is 4. The monoisotopic (exact) mass is 468 g/mol. The van der Waals surface area contributed by atoms with E-state index in [2.05, 4.69) is 56.1 Å². The smallest absolute Gasteiger partial charge is 0.193 e. The highest BCUT2D eigenvalue weighted by Crippen LogP contribution is 2.15. The summed E-state index contributed by atoms with van der Waals surface area (Å²) in [6.45, 7) is 5.47. The Balaban J connectivity index is 0.00000338. The number of H-pyrrole nitrogens is 1. The maximum Gasteiger partial charge on any atom is 0.193 e. The normalized spacial score (nSPS) is 10.9. The van der Waals surface area contributed by atoms with Crippen molar-refractivity contribution in [1.82, 2.24) is 25.4 Å². The largest absolute Gasteiger partial charge is 0.352 e. The summed E-state index contributed by atoms with van der Waals surface area (Å²) in [5, 5.41) is 10.2. The van der Waals surface area contributed by atoms with Gasteiger partial charge in [0.25, 0.3) is 0 Å². The number of aromatic nitrogens is 3. The fourth-order valence-corrected chi connectivity index (χ4v) is 2.66. The number of halogens is 1. The molecule has 1 aromatic heterocycles. The molecule has 26 heavy (non-hydrogen) atoms. The number of hydrogen-bond donors (Lipinski definition) is 2. The van der Waals surface area contributed by atoms with Gasteiger partial charge in [0.1, 0.15) is 6.33 Å². The maximum atomic E-state index is 4.38. The Morgan fingerprint density at radius 3 is 2.88 bits per heavy atom. The summed E-state index contributed by atoms with van der Waals surface area (Å²) in [5.74, 6) is 1.69. The van der Waals surface area contributed by atoms with Crippen LogP contribution in [0.1, 0.15) is 31.2 Å². The van der Waals surface area contributed by atoms with Crippen LogP contribution < -0.4 is 5.32 Å². The van der Waals surface area contributed by atoms with E-state index in [0.717, 1.165) is 43.3 Å². The van der Waals surface area contributed by atoms with E-state index < -0.39 is 0 Å². The number of nitrogens with one attached hydrogen (secondary N) is 2. The Morgan fingerprint density at radius 1 is 1.35 bits per heavy atom. The molecular weight excluding hydrogens is 439 g/mol. The van der Waals surface area contributed by atoms with E-state index in [1.54, 1.807) is 0 Å². The molecule has 0 amide bonds. The third-order valence-electron chi connectivity index (χ3n) is 4.04. The van der Waals surface area contributed by atoms with E-state index >= 15 is 0 Å². The lowest BCUT2D eigenvalue weighted by Crippen LogP contribution is -2.39. The molecule has 0 saturated heterocycles. The van der Waals surface area contributed by atoms with Crippen LogP contribution in [0.3, 0.4) is 0 Å². The highest BCUT2D eigenvalue weighted by atomic mass is 127. The topological polar surface area (TPSA) is 69.2 Å². The number of aromatic amines is 1. The van der Waals surface area contributed by atoms with Crippen molar-refractivity contribution in [3.05, 3.63) is 48.8 Å². The molecule has 2 N–H and O–H groups in total. The fourth-order valence-electron chi connectivity index (χ4n) is 2.66. The van der Waals surface area contributed by atoms with Gasteiger partial charge in [-0.15, -0.1) is 30.6 Å². The van der Waals surface area contributed by atoms with Gasteiger partial charge in [-0.2, -0.15) is 5.10 Å². The zero-order valence-electron chi connectivity index (χ0n) is 15.6. The lowest BCUT2D eigenvalue weighted by molar-refractivity contribution is 0.455. The lowest BCUT2D eigenvalue weighted by Gasteiger charge is -2.22. The summed E-state index contributed by atoms with van der Waals surface area (Å²) in [5.41, 5.74) is 2.21. The van der Waals surface area contributed by atoms with Crippen molar-refractivity contribution in [3.63, 3.8) is 0 Å². The molecule has 0 aliphatic rings. The fraction of sp³-hybridized carbons (Fsp3) is 0.421. The molecule has 0 fully saturated rings. The van der Waals surface area contributed by atoms with Crippen molar-refractivity contribution in [2.75, 3.05) is 20.6 Å². The van der Waals surface area contributed by atoms with Crippen LogP contribution in [-0.2, 0) is 6.54 Å². The number of aliphatic imine (C=N–C) groups is 1. The highest BCUT2D eigenvalue weighted by Gasteiger charge is 2.06. The first-order valence-corrected chi connectivity index (χ1v) is 8.72. The Hall–Kier alpha value is -1.90. The Kier molecular flexibility index (Phi) is 10.6. The predicted molar refractivity (Wildman–Crippen MR) is 119 cm³/mol. The van der Waals surface area contributed by atoms with Crippen molar-refractivity contribution in [2.24, 2.45) is 4.99 Å². The average molecular weight is 468 g/mol. The second kappa shape index (κ2) is 12.5. The third-order valence-corrected chi connectivity index (χ3v) is 4.04. The second-order valence-electron chi connectivity index (χ2n) is 5.99. The highest BCUT2D eigenvalue weighted by molar-refractivity contribution is 14.0. The maximum absolute atomic E-state index is 4.38. The number of hydrogen-bond acceptors (Lipinski definition) is 3. The van der Waals surface area contributed by atoms with Crippen LogP contribution >= 0.6 is 24.0 Å². The molecule has 0 spiro atoms. The summed E-state index contributed by atoms with van der Waals surface area (Å²) in [6, 6.07) is 8.25. The molecule has 0 radical (unpaired) electrons. The van der Waals surface area contributed by atoms with Gasteiger partial charge in [0.2, 0.25) is 0 Å². The molecule has 7 heteroatoms. The number of unbranched alkanes of at least 4 members (excludes halogenated alkanes) is 3. The summed E-state index contributed by atoms with van der Waals surface area (Å²) < 4.78 is 0. The van der Waals surface area contributed by atoms with Crippen LogP contribution in [0.4, 0.5) is 0 Å². The minimum Gasteiger partial charge on any atom is -0.352 e. The molecular formula is C19H29IN6. The van der Waals surface area contributed by atoms with Crippen LogP contribution in [0.2, 0.25) is 0 Å². The first-order chi connectivity index (χ1) is 12.2. The molecule has 2 aromatic rings. The Morgan fingerprint density at radius 2 is 2.19 bits per heavy atom. The first kappa shape index (κ1) is 22.1. The van der Waals surface area contributed by atoms with Crippen LogP contribution in [0, 0.1) is 0 Å². The van der Waals surface area contributed by atoms with Crippen LogP contribution in [0.5, 0.6) is 0 Å². The van der Waals surface area contributed by atoms with Gasteiger partial charge in [0.15, 0.2) is 11.8 Å². The second-order valence-corrected chi connectivity index (χ2v) is 5.99. The van der Waals surface area contributed by atoms with Gasteiger partial charge in [0.05, 0.1) is 0 Å². The SMILES string of the molecule is C=CCCCCCN(C)C(=NC)NCc1cccc(-c2ncn[nH]2)c1.I. The van der Waals surface area contributed by atoms with E-state index in [1.807, 2.05) is 25.3 Å². The number of allylic oxidation sites excluding steroid dienone is 1. The molecule has 0 saturated carbocycles. The van der Waals surface area contributed by atoms with E-state index in [4.69, 9.17) is 0 Å². The lowest BCUT2D eigenvalue weighted by atomic mass is 10.1. The third kappa shape index (κ3) is 7.15. The van der Waals surface area contributed by atoms with Crippen LogP contribution in [0.25, 0.3) is 11.4 Å². The van der Waals surface area contributed by atoms with E-state index in [-0.39, 0.29) is 24.0 Å². The predicted octanol–water partition coefficient (Wildman–Crippen LogP) is 3.84. The van der Waals surface area contributed by atoms with Gasteiger partial charge in [-0.3, -0.25) is 10.1 Å². The standard InChI is InChI=1S/C19H28N6.HI/c1-4-5-6-7-8-12-25(3)19(20-2)21-14-16-10-9-11-17(13-16)18-22-15-23-24-18;/h4,9-11,13,15H,1,5-8,12,14H2,2-3H3,(H,20,21)(H,22,23,24);1H. The van der Waals surface area contributed by atoms with E-state index in [1.165, 1.54) is 24.7 Å². The summed E-state index contributed by atoms with van der Waals surface area (Å²) in [7, 11) is 3.90. The summed E-state index contributed by atoms with van der Waals surface area (Å²) >= 11 is 0. The van der Waals surface area contributed by atoms with Crippen LogP contribution in [-0.4, -0.2) is 46.7 Å². The van der Waals surface area contributed by atoms with Gasteiger partial charge in [-0.1, -0.05) is 30.7 Å². The molecule has 0 atom stereocenters. The quantitative estimate of drug-likeness (QED) is 0.193. The number of rotatable bonds is 9. The summed E-state index contributed by atoms with van der Waals surface area (Å²) in [4.78, 5) is 10.7. The zero-order valence-corrected chi connectivity index (χ0v) is 17.9. The molecule has 0 aliphatic heterocycles. The molecule has 0 aliphatic carbocycles. The molecule has 2 rings (SSSR count). The van der Waals surface area contributed by atoms with Crippen molar-refractivity contribution in [2.45, 2.75) is 32.2 Å². The minimum absolute atomic E-state index is 0. The van der Waals surface area contributed by atoms with Crippen LogP contribution in [0.15, 0.2) is 48.2 Å². The van der Waals surface area contributed by atoms with Crippen molar-refractivity contribution in [1.29, 1.82) is 0 Å². The number of benzene rings is 1. The Labute approximate surface area is 173 Å². The van der Waals surface area contributed by atoms with E-state index in [0.29, 0.717) is 0 Å². The van der Waals surface area contributed by atoms with Crippen molar-refractivity contribution >= 4 is 29.9 Å². The molecule has 6 nitrogen and oxygen atoms in total. The molecule has 0 bridgehead atoms. The minimum atomic E-state index is 0. The van der Waals surface area contributed by atoms with Crippen molar-refractivity contribution in [3.8, 4) is 11.4 Å². The molecule has 0 unspecified atom stereocenters. The van der Waals surface area contributed by atoms with Gasteiger partial charge in [0, 0.05) is 32.7 Å². The first-order valence-electron chi connectivity index (χ1n) is 8.72. The van der Waals surface area contributed by atoms with Gasteiger partial charge in [-0.05, 0) is 30.9 Å². The summed E-state index contributed by atoms with van der Waals surface area (Å²) in [6.07, 6.45) is 8.18. The van der Waals surface area contributed by atoms with E-state index in [9.17, 15) is 0 Å². The Bertz CT molecular complexity index is 668.